The van der Waals surface area contributed by atoms with E-state index in [9.17, 15) is 13.6 Å². The van der Waals surface area contributed by atoms with Gasteiger partial charge in [-0.25, -0.2) is 0 Å². The first kappa shape index (κ1) is 17.1. The van der Waals surface area contributed by atoms with Crippen LogP contribution >= 0.6 is 0 Å². The summed E-state index contributed by atoms with van der Waals surface area (Å²) in [7, 11) is 0. The van der Waals surface area contributed by atoms with Crippen LogP contribution in [-0.4, -0.2) is 19.1 Å². The summed E-state index contributed by atoms with van der Waals surface area (Å²) < 4.78 is 29.2. The molecule has 0 saturated heterocycles. The molecule has 2 aromatic carbocycles. The van der Waals surface area contributed by atoms with Crippen molar-refractivity contribution in [1.29, 1.82) is 0 Å². The molecule has 0 atom stereocenters. The average Bonchev–Trinajstić information content (AvgIpc) is 3.41. The van der Waals surface area contributed by atoms with Gasteiger partial charge in [0.05, 0.1) is 0 Å². The number of carbonyl (C=O) groups excluding carboxylic acids is 1. The number of nitrogens with one attached hydrogen (secondary N) is 1. The van der Waals surface area contributed by atoms with Crippen molar-refractivity contribution >= 4 is 12.0 Å². The summed E-state index contributed by atoms with van der Waals surface area (Å²) in [6, 6.07) is 16.5. The number of para-hydroxylation sites is 1. The fourth-order valence-electron chi connectivity index (χ4n) is 2.81. The molecule has 2 aromatic rings. The summed E-state index contributed by atoms with van der Waals surface area (Å²) in [5.74, 6) is -0.210. The van der Waals surface area contributed by atoms with Gasteiger partial charge in [-0.05, 0) is 30.5 Å². The van der Waals surface area contributed by atoms with Gasteiger partial charge in [-0.2, -0.15) is 8.78 Å². The van der Waals surface area contributed by atoms with Gasteiger partial charge in [0.25, 0.3) is 0 Å². The van der Waals surface area contributed by atoms with Gasteiger partial charge in [0.15, 0.2) is 0 Å². The van der Waals surface area contributed by atoms with Crippen LogP contribution in [0.3, 0.4) is 0 Å². The molecule has 1 fully saturated rings. The lowest BCUT2D eigenvalue weighted by molar-refractivity contribution is -0.116. The maximum atomic E-state index is 12.4. The lowest BCUT2D eigenvalue weighted by Crippen LogP contribution is -2.30. The van der Waals surface area contributed by atoms with Crippen molar-refractivity contribution in [3.8, 4) is 5.75 Å². The number of rotatable bonds is 7. The molecule has 0 bridgehead atoms. The molecule has 25 heavy (non-hydrogen) atoms. The molecular weight excluding hydrogens is 324 g/mol. The van der Waals surface area contributed by atoms with E-state index in [1.54, 1.807) is 18.2 Å². The average molecular weight is 343 g/mol. The van der Waals surface area contributed by atoms with Gasteiger partial charge in [-0.1, -0.05) is 48.5 Å². The van der Waals surface area contributed by atoms with E-state index in [0.29, 0.717) is 12.1 Å². The van der Waals surface area contributed by atoms with Crippen molar-refractivity contribution in [3.63, 3.8) is 0 Å². The molecular formula is C20H19F2NO2. The van der Waals surface area contributed by atoms with Gasteiger partial charge >= 0.3 is 6.61 Å². The van der Waals surface area contributed by atoms with Gasteiger partial charge < -0.3 is 10.1 Å². The minimum Gasteiger partial charge on any atom is -0.434 e. The second-order valence-electron chi connectivity index (χ2n) is 6.11. The lowest BCUT2D eigenvalue weighted by atomic mass is 9.96. The number of hydrogen-bond acceptors (Lipinski definition) is 2. The van der Waals surface area contributed by atoms with Crippen LogP contribution in [0.4, 0.5) is 8.78 Å². The zero-order chi connectivity index (χ0) is 17.7. The van der Waals surface area contributed by atoms with E-state index in [0.717, 1.165) is 12.8 Å². The first-order valence-corrected chi connectivity index (χ1v) is 8.14. The maximum Gasteiger partial charge on any atom is 0.387 e. The highest BCUT2D eigenvalue weighted by atomic mass is 19.3. The van der Waals surface area contributed by atoms with Gasteiger partial charge in [0, 0.05) is 23.6 Å². The molecule has 3 rings (SSSR count). The Bertz CT molecular complexity index is 755. The molecule has 0 unspecified atom stereocenters. The highest BCUT2D eigenvalue weighted by Gasteiger charge is 2.44. The molecule has 1 N–H and O–H groups in total. The summed E-state index contributed by atoms with van der Waals surface area (Å²) >= 11 is 0. The van der Waals surface area contributed by atoms with Crippen molar-refractivity contribution in [3.05, 3.63) is 71.8 Å². The monoisotopic (exact) mass is 343 g/mol. The van der Waals surface area contributed by atoms with Crippen molar-refractivity contribution < 1.29 is 18.3 Å². The molecule has 1 saturated carbocycles. The molecule has 0 aliphatic heterocycles. The normalized spacial score (nSPS) is 15.3. The molecule has 0 spiro atoms. The van der Waals surface area contributed by atoms with E-state index in [1.807, 2.05) is 18.2 Å². The third-order valence-electron chi connectivity index (χ3n) is 4.39. The molecule has 3 nitrogen and oxygen atoms in total. The number of amides is 1. The summed E-state index contributed by atoms with van der Waals surface area (Å²) in [6.45, 7) is -2.33. The van der Waals surface area contributed by atoms with Crippen molar-refractivity contribution in [1.82, 2.24) is 5.32 Å². The van der Waals surface area contributed by atoms with Crippen LogP contribution in [0, 0.1) is 0 Å². The Morgan fingerprint density at radius 3 is 2.48 bits per heavy atom. The van der Waals surface area contributed by atoms with Gasteiger partial charge in [-0.15, -0.1) is 0 Å². The Hall–Kier alpha value is -2.69. The SMILES string of the molecule is O=C(C=Cc1ccccc1OC(F)F)NCC1(c2ccccc2)CC1. The minimum absolute atomic E-state index is 0.0292. The Labute approximate surface area is 145 Å². The zero-order valence-electron chi connectivity index (χ0n) is 13.6. The number of alkyl halides is 2. The predicted octanol–water partition coefficient (Wildman–Crippen LogP) is 4.15. The van der Waals surface area contributed by atoms with E-state index in [2.05, 4.69) is 22.2 Å². The first-order valence-electron chi connectivity index (χ1n) is 8.14. The number of ether oxygens (including phenoxy) is 1. The molecule has 0 aromatic heterocycles. The molecule has 0 heterocycles. The maximum absolute atomic E-state index is 12.4. The summed E-state index contributed by atoms with van der Waals surface area (Å²) in [6.07, 6.45) is 4.92. The zero-order valence-corrected chi connectivity index (χ0v) is 13.6. The Kier molecular flexibility index (Phi) is 5.12. The van der Waals surface area contributed by atoms with Crippen LogP contribution in [0.2, 0.25) is 0 Å². The lowest BCUT2D eigenvalue weighted by Gasteiger charge is -2.15. The fraction of sp³-hybridized carbons (Fsp3) is 0.250. The smallest absolute Gasteiger partial charge is 0.387 e. The van der Waals surface area contributed by atoms with E-state index >= 15 is 0 Å². The van der Waals surface area contributed by atoms with Gasteiger partial charge in [-0.3, -0.25) is 4.79 Å². The fourth-order valence-corrected chi connectivity index (χ4v) is 2.81. The Balaban J connectivity index is 1.59. The second kappa shape index (κ2) is 7.47. The van der Waals surface area contributed by atoms with Crippen LogP contribution in [0.1, 0.15) is 24.0 Å². The summed E-state index contributed by atoms with van der Waals surface area (Å²) in [5, 5.41) is 2.90. The topological polar surface area (TPSA) is 38.3 Å². The third kappa shape index (κ3) is 4.44. The van der Waals surface area contributed by atoms with E-state index in [4.69, 9.17) is 0 Å². The second-order valence-corrected chi connectivity index (χ2v) is 6.11. The van der Waals surface area contributed by atoms with E-state index in [-0.39, 0.29) is 17.1 Å². The third-order valence-corrected chi connectivity index (χ3v) is 4.39. The highest BCUT2D eigenvalue weighted by Crippen LogP contribution is 2.47. The summed E-state index contributed by atoms with van der Waals surface area (Å²) in [4.78, 5) is 12.1. The first-order chi connectivity index (χ1) is 12.1. The van der Waals surface area contributed by atoms with Crippen LogP contribution in [0.5, 0.6) is 5.75 Å². The van der Waals surface area contributed by atoms with Crippen molar-refractivity contribution in [2.45, 2.75) is 24.9 Å². The number of benzene rings is 2. The van der Waals surface area contributed by atoms with Gasteiger partial charge in [0.2, 0.25) is 5.91 Å². The molecule has 1 aliphatic rings. The standard InChI is InChI=1S/C20H19F2NO2/c21-19(22)25-17-9-5-4-6-15(17)10-11-18(24)23-14-20(12-13-20)16-7-2-1-3-8-16/h1-11,19H,12-14H2,(H,23,24). The number of hydrogen-bond donors (Lipinski definition) is 1. The Morgan fingerprint density at radius 2 is 1.80 bits per heavy atom. The van der Waals surface area contributed by atoms with Crippen LogP contribution in [0.15, 0.2) is 60.7 Å². The van der Waals surface area contributed by atoms with Gasteiger partial charge in [0.1, 0.15) is 5.75 Å². The Morgan fingerprint density at radius 1 is 1.12 bits per heavy atom. The van der Waals surface area contributed by atoms with Crippen molar-refractivity contribution in [2.75, 3.05) is 6.54 Å². The molecule has 5 heteroatoms. The molecule has 1 amide bonds. The number of halogens is 2. The minimum atomic E-state index is -2.90. The largest absolute Gasteiger partial charge is 0.434 e. The highest BCUT2D eigenvalue weighted by molar-refractivity contribution is 5.92. The van der Waals surface area contributed by atoms with Crippen LogP contribution < -0.4 is 10.1 Å². The predicted molar refractivity (Wildman–Crippen MR) is 92.5 cm³/mol. The van der Waals surface area contributed by atoms with Crippen LogP contribution in [-0.2, 0) is 10.2 Å². The van der Waals surface area contributed by atoms with E-state index in [1.165, 1.54) is 23.8 Å². The molecule has 1 aliphatic carbocycles. The van der Waals surface area contributed by atoms with Crippen molar-refractivity contribution in [2.24, 2.45) is 0 Å². The number of carbonyl (C=O) groups is 1. The quantitative estimate of drug-likeness (QED) is 0.767. The van der Waals surface area contributed by atoms with E-state index < -0.39 is 6.61 Å². The molecule has 130 valence electrons. The van der Waals surface area contributed by atoms with Crippen LogP contribution in [0.25, 0.3) is 6.08 Å². The summed E-state index contributed by atoms with van der Waals surface area (Å²) in [5.41, 5.74) is 1.69. The molecule has 0 radical (unpaired) electrons.